The minimum Gasteiger partial charge on any atom is -0.325 e. The third-order valence-electron chi connectivity index (χ3n) is 4.27. The Hall–Kier alpha value is -2.55. The number of anilines is 2. The second-order valence-electron chi connectivity index (χ2n) is 7.06. The monoisotopic (exact) mass is 414 g/mol. The Morgan fingerprint density at radius 1 is 1.00 bits per heavy atom. The molecule has 0 aromatic heterocycles. The van der Waals surface area contributed by atoms with Gasteiger partial charge in [-0.15, -0.1) is 0 Å². The fraction of sp³-hybridized carbons (Fsp3) is 0.316. The molecule has 0 spiro atoms. The molecule has 0 fully saturated rings. The summed E-state index contributed by atoms with van der Waals surface area (Å²) in [5, 5.41) is 2.64. The fourth-order valence-electron chi connectivity index (χ4n) is 2.51. The number of amides is 1. The van der Waals surface area contributed by atoms with Gasteiger partial charge in [-0.05, 0) is 50.1 Å². The quantitative estimate of drug-likeness (QED) is 0.766. The van der Waals surface area contributed by atoms with Gasteiger partial charge in [0, 0.05) is 5.69 Å². The highest BCUT2D eigenvalue weighted by Crippen LogP contribution is 2.33. The van der Waals surface area contributed by atoms with Crippen LogP contribution in [0.5, 0.6) is 0 Å². The molecular formula is C19H21F3N2O3S. The van der Waals surface area contributed by atoms with Crippen LogP contribution in [0, 0.1) is 6.92 Å². The molecule has 2 aromatic rings. The molecule has 0 saturated carbocycles. The molecule has 0 radical (unpaired) electrons. The van der Waals surface area contributed by atoms with Gasteiger partial charge in [0.05, 0.1) is 22.9 Å². The maximum atomic E-state index is 13.0. The minimum absolute atomic E-state index is 0.210. The van der Waals surface area contributed by atoms with Crippen molar-refractivity contribution in [1.82, 2.24) is 0 Å². The molecule has 0 saturated heterocycles. The Labute approximate surface area is 162 Å². The highest BCUT2D eigenvalue weighted by molar-refractivity contribution is 7.92. The Morgan fingerprint density at radius 2 is 1.61 bits per heavy atom. The number of nitrogens with one attached hydrogen (secondary N) is 2. The number of hydrogen-bond donors (Lipinski definition) is 2. The van der Waals surface area contributed by atoms with Crippen LogP contribution in [-0.2, 0) is 26.4 Å². The lowest BCUT2D eigenvalue weighted by molar-refractivity contribution is -0.137. The van der Waals surface area contributed by atoms with Crippen molar-refractivity contribution in [2.75, 3.05) is 16.3 Å². The van der Waals surface area contributed by atoms with Gasteiger partial charge in [0.15, 0.2) is 0 Å². The van der Waals surface area contributed by atoms with E-state index in [2.05, 4.69) is 10.0 Å². The van der Waals surface area contributed by atoms with Gasteiger partial charge in [0.1, 0.15) is 0 Å². The Balaban J connectivity index is 2.30. The molecule has 9 heteroatoms. The van der Waals surface area contributed by atoms with Crippen LogP contribution < -0.4 is 10.0 Å². The number of hydrogen-bond acceptors (Lipinski definition) is 3. The molecule has 28 heavy (non-hydrogen) atoms. The number of sulfonamides is 1. The van der Waals surface area contributed by atoms with Crippen LogP contribution in [0.3, 0.4) is 0 Å². The van der Waals surface area contributed by atoms with Gasteiger partial charge in [-0.1, -0.05) is 24.3 Å². The third kappa shape index (κ3) is 5.25. The first-order chi connectivity index (χ1) is 12.7. The first-order valence-electron chi connectivity index (χ1n) is 8.28. The van der Waals surface area contributed by atoms with Gasteiger partial charge >= 0.3 is 6.18 Å². The number of carbonyl (C=O) groups is 1. The van der Waals surface area contributed by atoms with Crippen LogP contribution >= 0.6 is 0 Å². The number of alkyl halides is 3. The molecule has 0 heterocycles. The number of rotatable bonds is 5. The summed E-state index contributed by atoms with van der Waals surface area (Å²) in [5.41, 5.74) is -0.599. The molecule has 0 aliphatic rings. The van der Waals surface area contributed by atoms with E-state index >= 15 is 0 Å². The first kappa shape index (κ1) is 21.7. The number of carbonyl (C=O) groups excluding carboxylic acids is 1. The van der Waals surface area contributed by atoms with Crippen LogP contribution in [-0.4, -0.2) is 20.6 Å². The van der Waals surface area contributed by atoms with Gasteiger partial charge in [-0.2, -0.15) is 13.2 Å². The van der Waals surface area contributed by atoms with E-state index in [1.54, 1.807) is 19.1 Å². The van der Waals surface area contributed by atoms with Gasteiger partial charge in [-0.3, -0.25) is 9.52 Å². The van der Waals surface area contributed by atoms with E-state index in [9.17, 15) is 26.4 Å². The molecule has 0 bridgehead atoms. The van der Waals surface area contributed by atoms with E-state index in [1.165, 1.54) is 32.0 Å². The van der Waals surface area contributed by atoms with Crippen molar-refractivity contribution in [2.45, 2.75) is 32.4 Å². The molecule has 2 aromatic carbocycles. The summed E-state index contributed by atoms with van der Waals surface area (Å²) < 4.78 is 64.2. The second kappa shape index (κ2) is 7.46. The predicted octanol–water partition coefficient (Wildman–Crippen LogP) is 4.30. The van der Waals surface area contributed by atoms with E-state index in [0.29, 0.717) is 16.9 Å². The summed E-state index contributed by atoms with van der Waals surface area (Å²) in [6.45, 7) is 4.73. The number of aryl methyl sites for hydroxylation is 1. The standard InChI is InChI=1S/C19H21F3N2O3S/c1-12-8-9-15(11-16(12)24-28(4,26)27)23-17(25)18(2,3)13-6-5-7-14(10-13)19(20,21)22/h5-11,24H,1-4H3,(H,23,25). The number of halogens is 3. The summed E-state index contributed by atoms with van der Waals surface area (Å²) in [7, 11) is -3.50. The molecule has 0 aliphatic heterocycles. The normalized spacial score (nSPS) is 12.5. The molecule has 2 rings (SSSR count). The average molecular weight is 414 g/mol. The molecule has 0 unspecified atom stereocenters. The Kier molecular flexibility index (Phi) is 5.79. The van der Waals surface area contributed by atoms with Crippen molar-refractivity contribution in [3.05, 3.63) is 59.2 Å². The van der Waals surface area contributed by atoms with Crippen LogP contribution in [0.25, 0.3) is 0 Å². The van der Waals surface area contributed by atoms with Gasteiger partial charge < -0.3 is 5.32 Å². The zero-order chi connectivity index (χ0) is 21.3. The molecule has 0 atom stereocenters. The van der Waals surface area contributed by atoms with E-state index < -0.39 is 33.1 Å². The Morgan fingerprint density at radius 3 is 2.18 bits per heavy atom. The number of benzene rings is 2. The first-order valence-corrected chi connectivity index (χ1v) is 10.2. The molecule has 5 nitrogen and oxygen atoms in total. The van der Waals surface area contributed by atoms with Crippen molar-refractivity contribution in [1.29, 1.82) is 0 Å². The largest absolute Gasteiger partial charge is 0.416 e. The lowest BCUT2D eigenvalue weighted by Gasteiger charge is -2.25. The molecule has 1 amide bonds. The van der Waals surface area contributed by atoms with E-state index in [4.69, 9.17) is 0 Å². The Bertz CT molecular complexity index is 1000. The van der Waals surface area contributed by atoms with Gasteiger partial charge in [0.25, 0.3) is 0 Å². The average Bonchev–Trinajstić information content (AvgIpc) is 2.56. The SMILES string of the molecule is Cc1ccc(NC(=O)C(C)(C)c2cccc(C(F)(F)F)c2)cc1NS(C)(=O)=O. The summed E-state index contributed by atoms with van der Waals surface area (Å²) in [6.07, 6.45) is -3.50. The second-order valence-corrected chi connectivity index (χ2v) is 8.81. The maximum Gasteiger partial charge on any atom is 0.416 e. The molecule has 152 valence electrons. The lowest BCUT2D eigenvalue weighted by Crippen LogP contribution is -2.35. The van der Waals surface area contributed by atoms with Crippen LogP contribution in [0.15, 0.2) is 42.5 Å². The van der Waals surface area contributed by atoms with Crippen LogP contribution in [0.4, 0.5) is 24.5 Å². The predicted molar refractivity (Wildman–Crippen MR) is 103 cm³/mol. The maximum absolute atomic E-state index is 13.0. The topological polar surface area (TPSA) is 75.3 Å². The summed E-state index contributed by atoms with van der Waals surface area (Å²) in [5.74, 6) is -0.527. The van der Waals surface area contributed by atoms with Crippen molar-refractivity contribution < 1.29 is 26.4 Å². The van der Waals surface area contributed by atoms with Crippen molar-refractivity contribution in [2.24, 2.45) is 0 Å². The lowest BCUT2D eigenvalue weighted by atomic mass is 9.83. The fourth-order valence-corrected chi connectivity index (χ4v) is 3.13. The van der Waals surface area contributed by atoms with Gasteiger partial charge in [0.2, 0.25) is 15.9 Å². The highest BCUT2D eigenvalue weighted by Gasteiger charge is 2.35. The van der Waals surface area contributed by atoms with Gasteiger partial charge in [-0.25, -0.2) is 8.42 Å². The summed E-state index contributed by atoms with van der Waals surface area (Å²) in [6, 6.07) is 9.28. The molecule has 2 N–H and O–H groups in total. The van der Waals surface area contributed by atoms with Crippen LogP contribution in [0.2, 0.25) is 0 Å². The highest BCUT2D eigenvalue weighted by atomic mass is 32.2. The van der Waals surface area contributed by atoms with Crippen molar-refractivity contribution in [3.63, 3.8) is 0 Å². The summed E-state index contributed by atoms with van der Waals surface area (Å²) in [4.78, 5) is 12.7. The third-order valence-corrected chi connectivity index (χ3v) is 4.86. The van der Waals surface area contributed by atoms with E-state index in [-0.39, 0.29) is 5.56 Å². The summed E-state index contributed by atoms with van der Waals surface area (Å²) >= 11 is 0. The molecule has 0 aliphatic carbocycles. The van der Waals surface area contributed by atoms with E-state index in [0.717, 1.165) is 18.4 Å². The smallest absolute Gasteiger partial charge is 0.325 e. The van der Waals surface area contributed by atoms with Crippen LogP contribution in [0.1, 0.15) is 30.5 Å². The zero-order valence-electron chi connectivity index (χ0n) is 15.8. The van der Waals surface area contributed by atoms with E-state index in [1.807, 2.05) is 0 Å². The molecular weight excluding hydrogens is 393 g/mol. The minimum atomic E-state index is -4.51. The van der Waals surface area contributed by atoms with Crippen molar-refractivity contribution >= 4 is 27.3 Å². The zero-order valence-corrected chi connectivity index (χ0v) is 16.6. The van der Waals surface area contributed by atoms with Crippen molar-refractivity contribution in [3.8, 4) is 0 Å².